The highest BCUT2D eigenvalue weighted by molar-refractivity contribution is 5.97. The topological polar surface area (TPSA) is 94.3 Å². The SMILES string of the molecule is C[C@@H]1[C@@H](c2ccc(F)c(F)c2)[C@H](C(=O)Nc2ccnc(C(N)=O)c2)O[C@]1(C)C(F)(F)F. The predicted molar refractivity (Wildman–Crippen MR) is 99.0 cm³/mol. The fourth-order valence-electron chi connectivity index (χ4n) is 3.63. The minimum absolute atomic E-state index is 0.0212. The molecule has 1 fully saturated rings. The summed E-state index contributed by atoms with van der Waals surface area (Å²) in [5.41, 5.74) is 2.27. The summed E-state index contributed by atoms with van der Waals surface area (Å²) in [6.07, 6.45) is -5.34. The first-order valence-corrected chi connectivity index (χ1v) is 9.11. The number of pyridine rings is 1. The molecule has 2 aromatic rings. The van der Waals surface area contributed by atoms with Crippen LogP contribution in [-0.2, 0) is 9.53 Å². The molecule has 0 radical (unpaired) electrons. The molecule has 0 saturated carbocycles. The van der Waals surface area contributed by atoms with Gasteiger partial charge in [0.1, 0.15) is 11.8 Å². The molecule has 0 aliphatic carbocycles. The van der Waals surface area contributed by atoms with Gasteiger partial charge >= 0.3 is 6.18 Å². The predicted octanol–water partition coefficient (Wildman–Crippen LogP) is 3.54. The zero-order valence-electron chi connectivity index (χ0n) is 16.3. The number of aromatic nitrogens is 1. The number of rotatable bonds is 4. The van der Waals surface area contributed by atoms with E-state index in [0.29, 0.717) is 0 Å². The largest absolute Gasteiger partial charge is 0.417 e. The molecule has 1 aromatic carbocycles. The van der Waals surface area contributed by atoms with Gasteiger partial charge in [0, 0.05) is 23.7 Å². The second-order valence-electron chi connectivity index (χ2n) is 7.41. The number of anilines is 1. The van der Waals surface area contributed by atoms with Gasteiger partial charge in [-0.25, -0.2) is 8.78 Å². The van der Waals surface area contributed by atoms with Crippen molar-refractivity contribution in [2.75, 3.05) is 5.32 Å². The number of nitrogens with zero attached hydrogens (tertiary/aromatic N) is 1. The lowest BCUT2D eigenvalue weighted by molar-refractivity contribution is -0.272. The van der Waals surface area contributed by atoms with Gasteiger partial charge in [0.2, 0.25) is 0 Å². The number of carbonyl (C=O) groups excluding carboxylic acids is 2. The molecule has 4 atom stereocenters. The Morgan fingerprint density at radius 1 is 1.16 bits per heavy atom. The van der Waals surface area contributed by atoms with Crippen molar-refractivity contribution >= 4 is 17.5 Å². The summed E-state index contributed by atoms with van der Waals surface area (Å²) in [5, 5.41) is 2.37. The van der Waals surface area contributed by atoms with Crippen molar-refractivity contribution in [3.63, 3.8) is 0 Å². The number of nitrogens with one attached hydrogen (secondary N) is 1. The number of nitrogens with two attached hydrogens (primary N) is 1. The van der Waals surface area contributed by atoms with Crippen molar-refractivity contribution in [3.05, 3.63) is 59.4 Å². The molecular formula is C20H18F5N3O3. The van der Waals surface area contributed by atoms with Crippen LogP contribution in [0, 0.1) is 17.6 Å². The Morgan fingerprint density at radius 3 is 2.42 bits per heavy atom. The van der Waals surface area contributed by atoms with E-state index in [2.05, 4.69) is 10.3 Å². The van der Waals surface area contributed by atoms with Crippen LogP contribution in [-0.4, -0.2) is 34.7 Å². The van der Waals surface area contributed by atoms with Crippen LogP contribution in [0.1, 0.15) is 35.8 Å². The summed E-state index contributed by atoms with van der Waals surface area (Å²) in [5.74, 6) is -6.82. The molecule has 1 aromatic heterocycles. The Kier molecular flexibility index (Phi) is 5.74. The molecule has 1 aliphatic heterocycles. The highest BCUT2D eigenvalue weighted by atomic mass is 19.4. The summed E-state index contributed by atoms with van der Waals surface area (Å²) in [6.45, 7) is 2.03. The summed E-state index contributed by atoms with van der Waals surface area (Å²) >= 11 is 0. The second kappa shape index (κ2) is 7.88. The molecule has 1 saturated heterocycles. The van der Waals surface area contributed by atoms with Crippen molar-refractivity contribution in [1.29, 1.82) is 0 Å². The summed E-state index contributed by atoms with van der Waals surface area (Å²) in [4.78, 5) is 27.9. The van der Waals surface area contributed by atoms with Gasteiger partial charge < -0.3 is 15.8 Å². The lowest BCUT2D eigenvalue weighted by Gasteiger charge is -2.31. The van der Waals surface area contributed by atoms with Crippen LogP contribution in [0.4, 0.5) is 27.6 Å². The van der Waals surface area contributed by atoms with Gasteiger partial charge in [-0.1, -0.05) is 13.0 Å². The molecule has 6 nitrogen and oxygen atoms in total. The first kappa shape index (κ1) is 22.6. The second-order valence-corrected chi connectivity index (χ2v) is 7.41. The maximum atomic E-state index is 13.8. The van der Waals surface area contributed by atoms with Gasteiger partial charge in [-0.05, 0) is 36.8 Å². The maximum absolute atomic E-state index is 13.8. The van der Waals surface area contributed by atoms with E-state index in [4.69, 9.17) is 10.5 Å². The van der Waals surface area contributed by atoms with E-state index in [0.717, 1.165) is 31.2 Å². The first-order valence-electron chi connectivity index (χ1n) is 9.11. The average molecular weight is 443 g/mol. The molecule has 0 bridgehead atoms. The highest BCUT2D eigenvalue weighted by Crippen LogP contribution is 2.53. The highest BCUT2D eigenvalue weighted by Gasteiger charge is 2.65. The summed E-state index contributed by atoms with van der Waals surface area (Å²) in [7, 11) is 0. The van der Waals surface area contributed by atoms with Gasteiger partial charge in [0.05, 0.1) is 0 Å². The molecule has 2 amide bonds. The normalized spacial score (nSPS) is 26.0. The molecule has 1 aliphatic rings. The van der Waals surface area contributed by atoms with Crippen LogP contribution in [0.3, 0.4) is 0 Å². The molecule has 166 valence electrons. The molecule has 31 heavy (non-hydrogen) atoms. The van der Waals surface area contributed by atoms with Crippen molar-refractivity contribution in [2.45, 2.75) is 37.6 Å². The van der Waals surface area contributed by atoms with Crippen LogP contribution in [0.15, 0.2) is 36.5 Å². The number of benzene rings is 1. The standard InChI is InChI=1S/C20H18F5N3O3/c1-9-15(10-3-4-12(21)13(22)7-10)16(31-19(9,2)20(23,24)25)18(30)28-11-5-6-27-14(8-11)17(26)29/h3-9,15-16H,1-2H3,(H2,26,29)(H,27,28,30)/t9-,15+,16-,19+/m1/s1. The summed E-state index contributed by atoms with van der Waals surface area (Å²) < 4.78 is 73.7. The molecule has 2 heterocycles. The van der Waals surface area contributed by atoms with E-state index in [-0.39, 0.29) is 16.9 Å². The number of carbonyl (C=O) groups is 2. The average Bonchev–Trinajstić information content (AvgIpc) is 2.96. The Labute approximate surface area is 173 Å². The minimum Gasteiger partial charge on any atom is -0.364 e. The number of amides is 2. The lowest BCUT2D eigenvalue weighted by Crippen LogP contribution is -2.47. The van der Waals surface area contributed by atoms with Crippen molar-refractivity contribution in [3.8, 4) is 0 Å². The van der Waals surface area contributed by atoms with E-state index < -0.39 is 53.2 Å². The quantitative estimate of drug-likeness (QED) is 0.707. The molecule has 3 N–H and O–H groups in total. The fourth-order valence-corrected chi connectivity index (χ4v) is 3.63. The van der Waals surface area contributed by atoms with Crippen LogP contribution in [0.5, 0.6) is 0 Å². The molecule has 0 unspecified atom stereocenters. The Balaban J connectivity index is 2.00. The van der Waals surface area contributed by atoms with Crippen LogP contribution in [0.25, 0.3) is 0 Å². The Hall–Kier alpha value is -3.08. The molecule has 11 heteroatoms. The van der Waals surface area contributed by atoms with Crippen LogP contribution < -0.4 is 11.1 Å². The van der Waals surface area contributed by atoms with Crippen molar-refractivity contribution < 1.29 is 36.3 Å². The maximum Gasteiger partial charge on any atom is 0.417 e. The van der Waals surface area contributed by atoms with Gasteiger partial charge in [-0.3, -0.25) is 14.6 Å². The Morgan fingerprint density at radius 2 is 1.84 bits per heavy atom. The Bertz CT molecular complexity index is 1030. The van der Waals surface area contributed by atoms with Gasteiger partial charge in [0.25, 0.3) is 11.8 Å². The van der Waals surface area contributed by atoms with E-state index in [1.165, 1.54) is 19.2 Å². The van der Waals surface area contributed by atoms with Gasteiger partial charge in [0.15, 0.2) is 17.2 Å². The van der Waals surface area contributed by atoms with Crippen molar-refractivity contribution in [2.24, 2.45) is 11.7 Å². The van der Waals surface area contributed by atoms with E-state index in [9.17, 15) is 31.5 Å². The zero-order valence-corrected chi connectivity index (χ0v) is 16.3. The third kappa shape index (κ3) is 4.09. The molecular weight excluding hydrogens is 425 g/mol. The first-order chi connectivity index (χ1) is 14.3. The lowest BCUT2D eigenvalue weighted by atomic mass is 9.77. The van der Waals surface area contributed by atoms with E-state index >= 15 is 0 Å². The minimum atomic E-state index is -4.84. The van der Waals surface area contributed by atoms with Gasteiger partial charge in [-0.2, -0.15) is 13.2 Å². The van der Waals surface area contributed by atoms with Crippen LogP contribution in [0.2, 0.25) is 0 Å². The van der Waals surface area contributed by atoms with Crippen LogP contribution >= 0.6 is 0 Å². The summed E-state index contributed by atoms with van der Waals surface area (Å²) in [6, 6.07) is 5.09. The number of alkyl halides is 3. The number of hydrogen-bond donors (Lipinski definition) is 2. The van der Waals surface area contributed by atoms with E-state index in [1.54, 1.807) is 0 Å². The third-order valence-corrected chi connectivity index (χ3v) is 5.54. The smallest absolute Gasteiger partial charge is 0.364 e. The number of halogens is 5. The molecule has 3 rings (SSSR count). The van der Waals surface area contributed by atoms with E-state index in [1.807, 2.05) is 0 Å². The van der Waals surface area contributed by atoms with Gasteiger partial charge in [-0.15, -0.1) is 0 Å². The number of primary amides is 1. The monoisotopic (exact) mass is 443 g/mol. The molecule has 0 spiro atoms. The fraction of sp³-hybridized carbons (Fsp3) is 0.350. The van der Waals surface area contributed by atoms with Crippen molar-refractivity contribution in [1.82, 2.24) is 4.98 Å². The zero-order chi connectivity index (χ0) is 23.1. The number of ether oxygens (including phenoxy) is 1. The third-order valence-electron chi connectivity index (χ3n) is 5.54. The number of hydrogen-bond acceptors (Lipinski definition) is 4.